The molecule has 0 aromatic heterocycles. The highest BCUT2D eigenvalue weighted by molar-refractivity contribution is 5.92. The fourth-order valence-electron chi connectivity index (χ4n) is 1.19. The van der Waals surface area contributed by atoms with E-state index in [-0.39, 0.29) is 6.54 Å². The fraction of sp³-hybridized carbons (Fsp3) is 0.231. The molecule has 0 spiro atoms. The van der Waals surface area contributed by atoms with Crippen molar-refractivity contribution >= 4 is 18.0 Å². The molecule has 1 aromatic rings. The Bertz CT molecular complexity index is 451. The van der Waals surface area contributed by atoms with E-state index in [1.165, 1.54) is 6.08 Å². The molecule has 0 aliphatic carbocycles. The lowest BCUT2D eigenvalue weighted by atomic mass is 10.1. The lowest BCUT2D eigenvalue weighted by Gasteiger charge is -2.05. The predicted octanol–water partition coefficient (Wildman–Crippen LogP) is 0.570. The summed E-state index contributed by atoms with van der Waals surface area (Å²) in [6.07, 6.45) is 1.32. The lowest BCUT2D eigenvalue weighted by molar-refractivity contribution is -0.146. The van der Waals surface area contributed by atoms with Crippen molar-refractivity contribution in [1.82, 2.24) is 5.32 Å². The molecule has 0 radical (unpaired) electrons. The van der Waals surface area contributed by atoms with E-state index in [4.69, 9.17) is 10.2 Å². The Morgan fingerprint density at radius 2 is 1.94 bits per heavy atom. The number of aliphatic hydroxyl groups excluding tert-OH is 1. The van der Waals surface area contributed by atoms with Crippen LogP contribution < -0.4 is 5.32 Å². The molecule has 1 amide bonds. The molecule has 0 saturated heterocycles. The van der Waals surface area contributed by atoms with Gasteiger partial charge in [-0.15, -0.1) is 0 Å². The fourth-order valence-corrected chi connectivity index (χ4v) is 1.19. The summed E-state index contributed by atoms with van der Waals surface area (Å²) >= 11 is 0. The SMILES string of the molecule is Cc1ccc(/C=C/C(=O)NC[C@H](O)C(=O)O)cc1. The van der Waals surface area contributed by atoms with Gasteiger partial charge in [-0.3, -0.25) is 4.79 Å². The first-order valence-corrected chi connectivity index (χ1v) is 5.42. The third-order valence-corrected chi connectivity index (χ3v) is 2.26. The molecule has 0 fully saturated rings. The minimum atomic E-state index is -1.58. The van der Waals surface area contributed by atoms with E-state index < -0.39 is 18.0 Å². The molecule has 0 aliphatic heterocycles. The number of aliphatic carboxylic acids is 1. The maximum Gasteiger partial charge on any atom is 0.334 e. The van der Waals surface area contributed by atoms with Crippen LogP contribution in [0.25, 0.3) is 6.08 Å². The van der Waals surface area contributed by atoms with Crippen LogP contribution in [0.5, 0.6) is 0 Å². The number of carbonyl (C=O) groups is 2. The third-order valence-electron chi connectivity index (χ3n) is 2.26. The number of rotatable bonds is 5. The van der Waals surface area contributed by atoms with Crippen molar-refractivity contribution in [2.24, 2.45) is 0 Å². The normalized spacial score (nSPS) is 12.3. The molecule has 5 nitrogen and oxygen atoms in total. The number of amides is 1. The Morgan fingerprint density at radius 1 is 1.33 bits per heavy atom. The van der Waals surface area contributed by atoms with Crippen molar-refractivity contribution in [3.63, 3.8) is 0 Å². The van der Waals surface area contributed by atoms with Crippen molar-refractivity contribution in [2.45, 2.75) is 13.0 Å². The molecular formula is C13H15NO4. The van der Waals surface area contributed by atoms with Crippen molar-refractivity contribution in [1.29, 1.82) is 0 Å². The van der Waals surface area contributed by atoms with Gasteiger partial charge in [0.05, 0.1) is 6.54 Å². The maximum atomic E-state index is 11.3. The number of aliphatic hydroxyl groups is 1. The van der Waals surface area contributed by atoms with Gasteiger partial charge in [0.1, 0.15) is 0 Å². The summed E-state index contributed by atoms with van der Waals surface area (Å²) in [7, 11) is 0. The topological polar surface area (TPSA) is 86.6 Å². The summed E-state index contributed by atoms with van der Waals surface area (Å²) in [6, 6.07) is 7.58. The Balaban J connectivity index is 2.45. The van der Waals surface area contributed by atoms with E-state index in [9.17, 15) is 9.59 Å². The predicted molar refractivity (Wildman–Crippen MR) is 66.9 cm³/mol. The zero-order valence-corrected chi connectivity index (χ0v) is 9.96. The van der Waals surface area contributed by atoms with Crippen molar-refractivity contribution < 1.29 is 19.8 Å². The van der Waals surface area contributed by atoms with Gasteiger partial charge in [-0.25, -0.2) is 4.79 Å². The summed E-state index contributed by atoms with van der Waals surface area (Å²) in [5.41, 5.74) is 2.00. The molecular weight excluding hydrogens is 234 g/mol. The molecule has 3 N–H and O–H groups in total. The van der Waals surface area contributed by atoms with E-state index >= 15 is 0 Å². The molecule has 0 aliphatic rings. The molecule has 1 aromatic carbocycles. The summed E-state index contributed by atoms with van der Waals surface area (Å²) in [5, 5.41) is 19.7. The monoisotopic (exact) mass is 249 g/mol. The van der Waals surface area contributed by atoms with Gasteiger partial charge < -0.3 is 15.5 Å². The first-order chi connectivity index (χ1) is 8.49. The van der Waals surface area contributed by atoms with Crippen molar-refractivity contribution in [3.05, 3.63) is 41.5 Å². The molecule has 18 heavy (non-hydrogen) atoms. The minimum absolute atomic E-state index is 0.313. The van der Waals surface area contributed by atoms with Gasteiger partial charge in [-0.05, 0) is 18.6 Å². The highest BCUT2D eigenvalue weighted by atomic mass is 16.4. The average Bonchev–Trinajstić information content (AvgIpc) is 2.35. The largest absolute Gasteiger partial charge is 0.479 e. The van der Waals surface area contributed by atoms with Gasteiger partial charge in [-0.1, -0.05) is 29.8 Å². The van der Waals surface area contributed by atoms with E-state index in [2.05, 4.69) is 5.32 Å². The van der Waals surface area contributed by atoms with Gasteiger partial charge >= 0.3 is 5.97 Å². The van der Waals surface area contributed by atoms with E-state index in [1.807, 2.05) is 31.2 Å². The number of carboxylic acid groups (broad SMARTS) is 1. The van der Waals surface area contributed by atoms with E-state index in [1.54, 1.807) is 6.08 Å². The van der Waals surface area contributed by atoms with Crippen LogP contribution in [0.2, 0.25) is 0 Å². The molecule has 0 bridgehead atoms. The molecule has 5 heteroatoms. The number of carboxylic acids is 1. The van der Waals surface area contributed by atoms with Gasteiger partial charge in [0, 0.05) is 6.08 Å². The Morgan fingerprint density at radius 3 is 2.50 bits per heavy atom. The zero-order chi connectivity index (χ0) is 13.5. The van der Waals surface area contributed by atoms with Gasteiger partial charge in [0.25, 0.3) is 0 Å². The standard InChI is InChI=1S/C13H15NO4/c1-9-2-4-10(5-3-9)6-7-12(16)14-8-11(15)13(17)18/h2-7,11,15H,8H2,1H3,(H,14,16)(H,17,18)/b7-6+/t11-/m0/s1. The quantitative estimate of drug-likeness (QED) is 0.666. The summed E-state index contributed by atoms with van der Waals surface area (Å²) in [6.45, 7) is 1.65. The average molecular weight is 249 g/mol. The van der Waals surface area contributed by atoms with Crippen LogP contribution in [0.3, 0.4) is 0 Å². The summed E-state index contributed by atoms with van der Waals surface area (Å²) < 4.78 is 0. The first kappa shape index (κ1) is 13.9. The zero-order valence-electron chi connectivity index (χ0n) is 9.96. The molecule has 96 valence electrons. The second-order valence-corrected chi connectivity index (χ2v) is 3.84. The minimum Gasteiger partial charge on any atom is -0.479 e. The molecule has 1 rings (SSSR count). The van der Waals surface area contributed by atoms with Crippen LogP contribution in [0.1, 0.15) is 11.1 Å². The Labute approximate surface area is 105 Å². The number of benzene rings is 1. The highest BCUT2D eigenvalue weighted by Gasteiger charge is 2.12. The number of nitrogens with one attached hydrogen (secondary N) is 1. The second-order valence-electron chi connectivity index (χ2n) is 3.84. The maximum absolute atomic E-state index is 11.3. The number of carbonyl (C=O) groups excluding carboxylic acids is 1. The van der Waals surface area contributed by atoms with Gasteiger partial charge in [0.15, 0.2) is 6.10 Å². The van der Waals surface area contributed by atoms with E-state index in [0.717, 1.165) is 11.1 Å². The lowest BCUT2D eigenvalue weighted by Crippen LogP contribution is -2.35. The highest BCUT2D eigenvalue weighted by Crippen LogP contribution is 2.04. The van der Waals surface area contributed by atoms with Crippen LogP contribution in [0, 0.1) is 6.92 Å². The molecule has 1 atom stereocenters. The van der Waals surface area contributed by atoms with Crippen LogP contribution in [-0.2, 0) is 9.59 Å². The Hall–Kier alpha value is -2.14. The molecule has 0 saturated carbocycles. The van der Waals surface area contributed by atoms with Crippen LogP contribution in [0.4, 0.5) is 0 Å². The van der Waals surface area contributed by atoms with Crippen LogP contribution >= 0.6 is 0 Å². The first-order valence-electron chi connectivity index (χ1n) is 5.42. The number of aryl methyl sites for hydroxylation is 1. The summed E-state index contributed by atoms with van der Waals surface area (Å²) in [5.74, 6) is -1.81. The smallest absolute Gasteiger partial charge is 0.334 e. The van der Waals surface area contributed by atoms with E-state index in [0.29, 0.717) is 0 Å². The van der Waals surface area contributed by atoms with Crippen molar-refractivity contribution in [2.75, 3.05) is 6.54 Å². The molecule has 0 heterocycles. The Kier molecular flexibility index (Phi) is 5.07. The van der Waals surface area contributed by atoms with Crippen LogP contribution in [0.15, 0.2) is 30.3 Å². The van der Waals surface area contributed by atoms with Crippen molar-refractivity contribution in [3.8, 4) is 0 Å². The van der Waals surface area contributed by atoms with Gasteiger partial charge in [0.2, 0.25) is 5.91 Å². The number of hydrogen-bond donors (Lipinski definition) is 3. The third kappa shape index (κ3) is 4.80. The van der Waals surface area contributed by atoms with Gasteiger partial charge in [-0.2, -0.15) is 0 Å². The number of hydrogen-bond acceptors (Lipinski definition) is 3. The summed E-state index contributed by atoms with van der Waals surface area (Å²) in [4.78, 5) is 21.6. The van der Waals surface area contributed by atoms with Crippen LogP contribution in [-0.4, -0.2) is 34.7 Å². The second kappa shape index (κ2) is 6.56. The molecule has 0 unspecified atom stereocenters.